The largest absolute Gasteiger partial charge is 0.490 e. The summed E-state index contributed by atoms with van der Waals surface area (Å²) in [6.07, 6.45) is 4.24. The Morgan fingerprint density at radius 3 is 2.80 bits per heavy atom. The lowest BCUT2D eigenvalue weighted by Gasteiger charge is -2.13. The Balaban J connectivity index is 2.02. The second kappa shape index (κ2) is 10.3. The summed E-state index contributed by atoms with van der Waals surface area (Å²) in [5.74, 6) is 1.01. The molecule has 2 aromatic rings. The first-order chi connectivity index (χ1) is 12.2. The predicted molar refractivity (Wildman–Crippen MR) is 95.0 cm³/mol. The smallest absolute Gasteiger partial charge is 0.251 e. The van der Waals surface area contributed by atoms with E-state index < -0.39 is 0 Å². The predicted octanol–water partition coefficient (Wildman–Crippen LogP) is 2.83. The van der Waals surface area contributed by atoms with Gasteiger partial charge in [-0.25, -0.2) is 0 Å². The highest BCUT2D eigenvalue weighted by atomic mass is 16.5. The van der Waals surface area contributed by atoms with Gasteiger partial charge in [0.15, 0.2) is 11.5 Å². The molecule has 0 spiro atoms. The third-order valence-corrected chi connectivity index (χ3v) is 3.43. The molecule has 0 radical (unpaired) electrons. The van der Waals surface area contributed by atoms with Crippen LogP contribution in [0, 0.1) is 0 Å². The molecule has 1 aromatic heterocycles. The maximum atomic E-state index is 12.2. The van der Waals surface area contributed by atoms with E-state index >= 15 is 0 Å². The van der Waals surface area contributed by atoms with Crippen molar-refractivity contribution in [3.05, 3.63) is 53.9 Å². The molecule has 6 nitrogen and oxygen atoms in total. The van der Waals surface area contributed by atoms with Crippen LogP contribution in [0.1, 0.15) is 29.3 Å². The van der Waals surface area contributed by atoms with Gasteiger partial charge in [-0.05, 0) is 37.6 Å². The molecule has 0 bridgehead atoms. The van der Waals surface area contributed by atoms with Crippen LogP contribution in [0.2, 0.25) is 0 Å². The highest BCUT2D eigenvalue weighted by Crippen LogP contribution is 2.29. The first kappa shape index (κ1) is 18.7. The number of nitrogens with zero attached hydrogens (tertiary/aromatic N) is 1. The molecule has 0 atom stereocenters. The van der Waals surface area contributed by atoms with Crippen molar-refractivity contribution in [2.75, 3.05) is 26.9 Å². The number of benzene rings is 1. The van der Waals surface area contributed by atoms with Gasteiger partial charge in [0, 0.05) is 43.8 Å². The molecule has 2 rings (SSSR count). The van der Waals surface area contributed by atoms with Gasteiger partial charge in [0.25, 0.3) is 5.91 Å². The van der Waals surface area contributed by atoms with Gasteiger partial charge in [0.2, 0.25) is 0 Å². The summed E-state index contributed by atoms with van der Waals surface area (Å²) >= 11 is 0. The number of pyridine rings is 1. The van der Waals surface area contributed by atoms with Gasteiger partial charge >= 0.3 is 0 Å². The van der Waals surface area contributed by atoms with Crippen molar-refractivity contribution in [1.82, 2.24) is 10.3 Å². The van der Waals surface area contributed by atoms with E-state index in [2.05, 4.69) is 10.3 Å². The van der Waals surface area contributed by atoms with Crippen LogP contribution in [0.4, 0.5) is 0 Å². The molecule has 0 saturated heterocycles. The van der Waals surface area contributed by atoms with E-state index in [4.69, 9.17) is 14.2 Å². The van der Waals surface area contributed by atoms with Crippen molar-refractivity contribution in [3.8, 4) is 11.5 Å². The van der Waals surface area contributed by atoms with Gasteiger partial charge in [-0.3, -0.25) is 9.78 Å². The molecule has 1 heterocycles. The lowest BCUT2D eigenvalue weighted by Crippen LogP contribution is -2.25. The number of ether oxygens (including phenoxy) is 3. The molecular formula is C19H24N2O4. The average Bonchev–Trinajstić information content (AvgIpc) is 2.65. The lowest BCUT2D eigenvalue weighted by molar-refractivity contribution is 0.0948. The topological polar surface area (TPSA) is 69.7 Å². The van der Waals surface area contributed by atoms with Crippen LogP contribution < -0.4 is 14.8 Å². The maximum absolute atomic E-state index is 12.2. The van der Waals surface area contributed by atoms with Gasteiger partial charge in [-0.1, -0.05) is 6.07 Å². The van der Waals surface area contributed by atoms with Crippen LogP contribution in [-0.4, -0.2) is 37.8 Å². The van der Waals surface area contributed by atoms with E-state index in [-0.39, 0.29) is 5.91 Å². The number of amides is 1. The number of carbonyl (C=O) groups excluding carboxylic acids is 1. The first-order valence-corrected chi connectivity index (χ1v) is 8.30. The molecule has 134 valence electrons. The molecule has 0 aliphatic rings. The fraction of sp³-hybridized carbons (Fsp3) is 0.368. The minimum Gasteiger partial charge on any atom is -0.490 e. The zero-order chi connectivity index (χ0) is 17.9. The van der Waals surface area contributed by atoms with Crippen LogP contribution in [0.5, 0.6) is 11.5 Å². The van der Waals surface area contributed by atoms with Gasteiger partial charge in [0.05, 0.1) is 6.61 Å². The van der Waals surface area contributed by atoms with Crippen LogP contribution in [0.25, 0.3) is 0 Å². The summed E-state index contributed by atoms with van der Waals surface area (Å²) in [5.41, 5.74) is 1.50. The SMILES string of the molecule is CCOc1cc(C(=O)NCCCOC)ccc1OCc1cccnc1. The van der Waals surface area contributed by atoms with Crippen LogP contribution >= 0.6 is 0 Å². The summed E-state index contributed by atoms with van der Waals surface area (Å²) in [6.45, 7) is 3.95. The van der Waals surface area contributed by atoms with Crippen LogP contribution in [-0.2, 0) is 11.3 Å². The second-order valence-corrected chi connectivity index (χ2v) is 5.35. The maximum Gasteiger partial charge on any atom is 0.251 e. The van der Waals surface area contributed by atoms with Crippen molar-refractivity contribution < 1.29 is 19.0 Å². The standard InChI is InChI=1S/C19H24N2O4/c1-3-24-18-12-16(19(22)21-10-5-11-23-2)7-8-17(18)25-14-15-6-4-9-20-13-15/h4,6-9,12-13H,3,5,10-11,14H2,1-2H3,(H,21,22). The van der Waals surface area contributed by atoms with E-state index in [1.165, 1.54) is 0 Å². The Hall–Kier alpha value is -2.60. The number of methoxy groups -OCH3 is 1. The third-order valence-electron chi connectivity index (χ3n) is 3.43. The Morgan fingerprint density at radius 1 is 1.20 bits per heavy atom. The number of rotatable bonds is 10. The lowest BCUT2D eigenvalue weighted by atomic mass is 10.2. The molecule has 0 saturated carbocycles. The zero-order valence-corrected chi connectivity index (χ0v) is 14.7. The highest BCUT2D eigenvalue weighted by molar-refractivity contribution is 5.94. The van der Waals surface area contributed by atoms with Gasteiger partial charge in [0.1, 0.15) is 6.61 Å². The normalized spacial score (nSPS) is 10.3. The molecule has 0 aliphatic carbocycles. The summed E-state index contributed by atoms with van der Waals surface area (Å²) in [7, 11) is 1.64. The third kappa shape index (κ3) is 6.08. The van der Waals surface area contributed by atoms with Crippen molar-refractivity contribution in [1.29, 1.82) is 0 Å². The molecule has 1 N–H and O–H groups in total. The minimum absolute atomic E-state index is 0.143. The number of hydrogen-bond acceptors (Lipinski definition) is 5. The molecule has 0 fully saturated rings. The van der Waals surface area contributed by atoms with Crippen molar-refractivity contribution in [2.24, 2.45) is 0 Å². The van der Waals surface area contributed by atoms with E-state index in [0.29, 0.717) is 43.4 Å². The monoisotopic (exact) mass is 344 g/mol. The van der Waals surface area contributed by atoms with Crippen LogP contribution in [0.3, 0.4) is 0 Å². The first-order valence-electron chi connectivity index (χ1n) is 8.30. The number of nitrogens with one attached hydrogen (secondary N) is 1. The molecular weight excluding hydrogens is 320 g/mol. The van der Waals surface area contributed by atoms with Crippen molar-refractivity contribution in [3.63, 3.8) is 0 Å². The van der Waals surface area contributed by atoms with Crippen molar-refractivity contribution in [2.45, 2.75) is 20.0 Å². The zero-order valence-electron chi connectivity index (χ0n) is 14.7. The molecule has 0 aliphatic heterocycles. The summed E-state index contributed by atoms with van der Waals surface area (Å²) in [6, 6.07) is 8.99. The Morgan fingerprint density at radius 2 is 2.08 bits per heavy atom. The van der Waals surface area contributed by atoms with Gasteiger partial charge in [-0.15, -0.1) is 0 Å². The molecule has 0 unspecified atom stereocenters. The summed E-state index contributed by atoms with van der Waals surface area (Å²) in [4.78, 5) is 16.3. The van der Waals surface area contributed by atoms with Gasteiger partial charge < -0.3 is 19.5 Å². The Kier molecular flexibility index (Phi) is 7.72. The van der Waals surface area contributed by atoms with Gasteiger partial charge in [-0.2, -0.15) is 0 Å². The van der Waals surface area contributed by atoms with Crippen molar-refractivity contribution >= 4 is 5.91 Å². The fourth-order valence-corrected chi connectivity index (χ4v) is 2.20. The molecule has 1 aromatic carbocycles. The van der Waals surface area contributed by atoms with E-state index in [1.54, 1.807) is 37.7 Å². The fourth-order valence-electron chi connectivity index (χ4n) is 2.20. The highest BCUT2D eigenvalue weighted by Gasteiger charge is 2.11. The summed E-state index contributed by atoms with van der Waals surface area (Å²) < 4.78 is 16.4. The Labute approximate surface area is 148 Å². The molecule has 25 heavy (non-hydrogen) atoms. The number of hydrogen-bond donors (Lipinski definition) is 1. The van der Waals surface area contributed by atoms with Crippen LogP contribution in [0.15, 0.2) is 42.7 Å². The molecule has 6 heteroatoms. The average molecular weight is 344 g/mol. The Bertz CT molecular complexity index is 662. The number of carbonyl (C=O) groups is 1. The molecule has 1 amide bonds. The number of aromatic nitrogens is 1. The van der Waals surface area contributed by atoms with E-state index in [1.807, 2.05) is 19.1 Å². The minimum atomic E-state index is -0.143. The quantitative estimate of drug-likeness (QED) is 0.671. The summed E-state index contributed by atoms with van der Waals surface area (Å²) in [5, 5.41) is 2.86. The van der Waals surface area contributed by atoms with E-state index in [9.17, 15) is 4.79 Å². The second-order valence-electron chi connectivity index (χ2n) is 5.35. The van der Waals surface area contributed by atoms with E-state index in [0.717, 1.165) is 12.0 Å².